The number of carbonyl (C=O) groups is 1. The van der Waals surface area contributed by atoms with Crippen LogP contribution in [0.1, 0.15) is 15.9 Å². The molecular formula is C17H11BrCl2O3. The van der Waals surface area contributed by atoms with Crippen LogP contribution in [0, 0.1) is 12.3 Å². The van der Waals surface area contributed by atoms with Crippen LogP contribution in [0.2, 0.25) is 10.0 Å². The minimum Gasteiger partial charge on any atom is -0.486 e. The molecule has 0 aliphatic carbocycles. The maximum absolute atomic E-state index is 11.8. The summed E-state index contributed by atoms with van der Waals surface area (Å²) in [7, 11) is 0. The van der Waals surface area contributed by atoms with Crippen molar-refractivity contribution >= 4 is 45.1 Å². The van der Waals surface area contributed by atoms with Crippen LogP contribution >= 0.6 is 39.1 Å². The number of ether oxygens (including phenoxy) is 2. The van der Waals surface area contributed by atoms with E-state index in [9.17, 15) is 4.79 Å². The smallest absolute Gasteiger partial charge is 0.339 e. The van der Waals surface area contributed by atoms with Crippen LogP contribution in [-0.4, -0.2) is 12.6 Å². The van der Waals surface area contributed by atoms with Gasteiger partial charge in [0.05, 0.1) is 15.6 Å². The predicted octanol–water partition coefficient (Wildman–Crippen LogP) is 5.12. The summed E-state index contributed by atoms with van der Waals surface area (Å²) in [6, 6.07) is 10.5. The van der Waals surface area contributed by atoms with Crippen molar-refractivity contribution in [1.82, 2.24) is 0 Å². The average Bonchev–Trinajstić information content (AvgIpc) is 2.53. The Balaban J connectivity index is 2.12. The highest BCUT2D eigenvalue weighted by Gasteiger charge is 2.15. The molecule has 6 heteroatoms. The van der Waals surface area contributed by atoms with Crippen molar-refractivity contribution < 1.29 is 14.3 Å². The molecule has 0 unspecified atom stereocenters. The lowest BCUT2D eigenvalue weighted by atomic mass is 10.2. The molecule has 0 aliphatic heterocycles. The molecule has 0 fully saturated rings. The van der Waals surface area contributed by atoms with E-state index in [0.717, 1.165) is 10.0 Å². The second kappa shape index (κ2) is 8.26. The van der Waals surface area contributed by atoms with Gasteiger partial charge in [-0.25, -0.2) is 4.79 Å². The third-order valence-electron chi connectivity index (χ3n) is 2.82. The quantitative estimate of drug-likeness (QED) is 0.503. The van der Waals surface area contributed by atoms with Gasteiger partial charge in [0.1, 0.15) is 6.61 Å². The normalized spacial score (nSPS) is 10.0. The molecule has 2 aromatic carbocycles. The number of hydrogen-bond acceptors (Lipinski definition) is 3. The average molecular weight is 414 g/mol. The Morgan fingerprint density at radius 3 is 2.35 bits per heavy atom. The Hall–Kier alpha value is -1.67. The third-order valence-corrected chi connectivity index (χ3v) is 3.91. The summed E-state index contributed by atoms with van der Waals surface area (Å²) in [4.78, 5) is 11.8. The van der Waals surface area contributed by atoms with Crippen LogP contribution in [0.5, 0.6) is 5.75 Å². The van der Waals surface area contributed by atoms with Crippen molar-refractivity contribution in [3.63, 3.8) is 0 Å². The van der Waals surface area contributed by atoms with Crippen LogP contribution in [0.25, 0.3) is 0 Å². The van der Waals surface area contributed by atoms with Gasteiger partial charge < -0.3 is 9.47 Å². The van der Waals surface area contributed by atoms with Gasteiger partial charge in [0, 0.05) is 4.47 Å². The lowest BCUT2D eigenvalue weighted by molar-refractivity contribution is 0.0556. The highest BCUT2D eigenvalue weighted by atomic mass is 79.9. The molecule has 0 heterocycles. The molecule has 0 amide bonds. The summed E-state index contributed by atoms with van der Waals surface area (Å²) < 4.78 is 11.5. The van der Waals surface area contributed by atoms with E-state index in [2.05, 4.69) is 21.9 Å². The van der Waals surface area contributed by atoms with E-state index in [1.165, 1.54) is 12.1 Å². The number of rotatable bonds is 5. The van der Waals surface area contributed by atoms with Crippen LogP contribution in [0.15, 0.2) is 40.9 Å². The number of terminal acetylenes is 1. The molecule has 2 rings (SSSR count). The highest BCUT2D eigenvalue weighted by Crippen LogP contribution is 2.35. The first-order chi connectivity index (χ1) is 11.0. The van der Waals surface area contributed by atoms with E-state index >= 15 is 0 Å². The summed E-state index contributed by atoms with van der Waals surface area (Å²) in [6.07, 6.45) is 5.04. The van der Waals surface area contributed by atoms with Gasteiger partial charge in [0.2, 0.25) is 0 Å². The molecule has 0 atom stereocenters. The van der Waals surface area contributed by atoms with Crippen molar-refractivity contribution in [2.45, 2.75) is 6.61 Å². The largest absolute Gasteiger partial charge is 0.486 e. The second-order valence-corrected chi connectivity index (χ2v) is 6.19. The van der Waals surface area contributed by atoms with Gasteiger partial charge in [-0.2, -0.15) is 0 Å². The van der Waals surface area contributed by atoms with Crippen molar-refractivity contribution in [2.24, 2.45) is 0 Å². The summed E-state index contributed by atoms with van der Waals surface area (Å²) in [6.45, 7) is 0.184. The molecule has 0 bridgehead atoms. The Kier molecular flexibility index (Phi) is 6.35. The van der Waals surface area contributed by atoms with E-state index in [4.69, 9.17) is 39.1 Å². The molecule has 3 nitrogen and oxygen atoms in total. The third kappa shape index (κ3) is 4.90. The van der Waals surface area contributed by atoms with E-state index in [1.807, 2.05) is 24.3 Å². The predicted molar refractivity (Wildman–Crippen MR) is 94.1 cm³/mol. The fraction of sp³-hybridized carbons (Fsp3) is 0.118. The van der Waals surface area contributed by atoms with Crippen LogP contribution in [-0.2, 0) is 11.3 Å². The molecule has 2 aromatic rings. The first kappa shape index (κ1) is 17.7. The van der Waals surface area contributed by atoms with Gasteiger partial charge in [-0.15, -0.1) is 6.42 Å². The fourth-order valence-corrected chi connectivity index (χ4v) is 2.60. The Bertz CT molecular complexity index is 728. The molecule has 0 spiro atoms. The van der Waals surface area contributed by atoms with Crippen molar-refractivity contribution in [2.75, 3.05) is 6.61 Å². The Labute approximate surface area is 152 Å². The zero-order valence-electron chi connectivity index (χ0n) is 11.8. The van der Waals surface area contributed by atoms with Crippen LogP contribution < -0.4 is 4.74 Å². The van der Waals surface area contributed by atoms with Gasteiger partial charge in [-0.3, -0.25) is 0 Å². The van der Waals surface area contributed by atoms with Gasteiger partial charge >= 0.3 is 5.97 Å². The second-order valence-electron chi connectivity index (χ2n) is 4.46. The molecule has 0 N–H and O–H groups in total. The van der Waals surface area contributed by atoms with Gasteiger partial charge in [0.15, 0.2) is 12.4 Å². The van der Waals surface area contributed by atoms with E-state index in [0.29, 0.717) is 12.4 Å². The first-order valence-corrected chi connectivity index (χ1v) is 8.03. The van der Waals surface area contributed by atoms with Crippen LogP contribution in [0.4, 0.5) is 0 Å². The number of hydrogen-bond donors (Lipinski definition) is 0. The first-order valence-electron chi connectivity index (χ1n) is 6.48. The van der Waals surface area contributed by atoms with Gasteiger partial charge in [-0.1, -0.05) is 57.2 Å². The number of esters is 1. The molecule has 0 saturated carbocycles. The topological polar surface area (TPSA) is 35.5 Å². The van der Waals surface area contributed by atoms with Crippen molar-refractivity contribution in [1.29, 1.82) is 0 Å². The Morgan fingerprint density at radius 1 is 1.17 bits per heavy atom. The lowest BCUT2D eigenvalue weighted by Gasteiger charge is -2.11. The SMILES string of the molecule is C#CCOC(=O)c1cc(Cl)c(OCc2ccc(Br)cc2)c(Cl)c1. The Morgan fingerprint density at radius 2 is 1.78 bits per heavy atom. The lowest BCUT2D eigenvalue weighted by Crippen LogP contribution is -2.06. The van der Waals surface area contributed by atoms with E-state index < -0.39 is 5.97 Å². The van der Waals surface area contributed by atoms with Crippen molar-refractivity contribution in [3.8, 4) is 18.1 Å². The molecule has 0 radical (unpaired) electrons. The highest BCUT2D eigenvalue weighted by molar-refractivity contribution is 9.10. The summed E-state index contributed by atoms with van der Waals surface area (Å²) >= 11 is 15.6. The molecular weight excluding hydrogens is 403 g/mol. The van der Waals surface area contributed by atoms with E-state index in [-0.39, 0.29) is 22.2 Å². The zero-order chi connectivity index (χ0) is 16.8. The molecule has 0 saturated heterocycles. The summed E-state index contributed by atoms with van der Waals surface area (Å²) in [5.41, 5.74) is 1.17. The summed E-state index contributed by atoms with van der Waals surface area (Å²) in [5.74, 6) is 1.93. The number of halogens is 3. The number of carbonyl (C=O) groups excluding carboxylic acids is 1. The summed E-state index contributed by atoms with van der Waals surface area (Å²) in [5, 5.41) is 0.449. The van der Waals surface area contributed by atoms with Gasteiger partial charge in [0.25, 0.3) is 0 Å². The zero-order valence-corrected chi connectivity index (χ0v) is 14.9. The standard InChI is InChI=1S/C17H11BrCl2O3/c1-2-7-22-17(21)12-8-14(19)16(15(20)9-12)23-10-11-3-5-13(18)6-4-11/h1,3-6,8-9H,7,10H2. The maximum atomic E-state index is 11.8. The fourth-order valence-electron chi connectivity index (χ4n) is 1.74. The molecule has 23 heavy (non-hydrogen) atoms. The van der Waals surface area contributed by atoms with Crippen LogP contribution in [0.3, 0.4) is 0 Å². The van der Waals surface area contributed by atoms with E-state index in [1.54, 1.807) is 0 Å². The molecule has 118 valence electrons. The van der Waals surface area contributed by atoms with Crippen molar-refractivity contribution in [3.05, 3.63) is 62.0 Å². The maximum Gasteiger partial charge on any atom is 0.339 e. The minimum atomic E-state index is -0.591. The van der Waals surface area contributed by atoms with Gasteiger partial charge in [-0.05, 0) is 29.8 Å². The monoisotopic (exact) mass is 412 g/mol. The molecule has 0 aromatic heterocycles. The molecule has 0 aliphatic rings. The minimum absolute atomic E-state index is 0.115. The number of benzene rings is 2.